The SMILES string of the molecule is NC(=S)c1ccc(NCc2nccs2)c(F)c1. The van der Waals surface area contributed by atoms with Gasteiger partial charge in [0.15, 0.2) is 0 Å². The van der Waals surface area contributed by atoms with Gasteiger partial charge in [-0.3, -0.25) is 0 Å². The van der Waals surface area contributed by atoms with Crippen molar-refractivity contribution in [2.24, 2.45) is 5.73 Å². The lowest BCUT2D eigenvalue weighted by molar-refractivity contribution is 0.630. The van der Waals surface area contributed by atoms with Crippen molar-refractivity contribution in [3.05, 3.63) is 46.2 Å². The highest BCUT2D eigenvalue weighted by Crippen LogP contribution is 2.17. The number of nitrogens with one attached hydrogen (secondary N) is 1. The number of thiocarbonyl (C=S) groups is 1. The fourth-order valence-electron chi connectivity index (χ4n) is 1.32. The van der Waals surface area contributed by atoms with Crippen molar-refractivity contribution in [3.8, 4) is 0 Å². The van der Waals surface area contributed by atoms with Crippen LogP contribution in [0.2, 0.25) is 0 Å². The third kappa shape index (κ3) is 2.98. The van der Waals surface area contributed by atoms with E-state index in [1.165, 1.54) is 17.4 Å². The van der Waals surface area contributed by atoms with E-state index in [9.17, 15) is 4.39 Å². The Bertz CT molecular complexity index is 526. The second kappa shape index (κ2) is 5.20. The van der Waals surface area contributed by atoms with Crippen LogP contribution in [-0.2, 0) is 6.54 Å². The number of rotatable bonds is 4. The molecule has 17 heavy (non-hydrogen) atoms. The van der Waals surface area contributed by atoms with Crippen LogP contribution < -0.4 is 11.1 Å². The van der Waals surface area contributed by atoms with E-state index >= 15 is 0 Å². The molecule has 0 bridgehead atoms. The molecule has 1 aromatic carbocycles. The quantitative estimate of drug-likeness (QED) is 0.836. The largest absolute Gasteiger partial charge is 0.389 e. The van der Waals surface area contributed by atoms with Crippen LogP contribution in [0, 0.1) is 5.82 Å². The molecule has 0 fully saturated rings. The number of benzene rings is 1. The van der Waals surface area contributed by atoms with Crippen LogP contribution >= 0.6 is 23.6 Å². The second-order valence-electron chi connectivity index (χ2n) is 3.34. The molecule has 0 saturated carbocycles. The molecule has 2 rings (SSSR count). The van der Waals surface area contributed by atoms with E-state index in [1.54, 1.807) is 18.3 Å². The predicted molar refractivity (Wildman–Crippen MR) is 71.7 cm³/mol. The van der Waals surface area contributed by atoms with E-state index in [-0.39, 0.29) is 10.8 Å². The van der Waals surface area contributed by atoms with Gasteiger partial charge in [0, 0.05) is 17.1 Å². The first kappa shape index (κ1) is 11.9. The molecular formula is C11H10FN3S2. The Hall–Kier alpha value is -1.53. The third-order valence-corrected chi connectivity index (χ3v) is 3.18. The Kier molecular flexibility index (Phi) is 3.65. The second-order valence-corrected chi connectivity index (χ2v) is 4.76. The first-order valence-corrected chi connectivity index (χ1v) is 6.17. The van der Waals surface area contributed by atoms with Gasteiger partial charge in [0.05, 0.1) is 12.2 Å². The fourth-order valence-corrected chi connectivity index (χ4v) is 2.01. The number of nitrogens with zero attached hydrogens (tertiary/aromatic N) is 1. The molecule has 6 heteroatoms. The first-order valence-electron chi connectivity index (χ1n) is 4.88. The van der Waals surface area contributed by atoms with Gasteiger partial charge in [0.25, 0.3) is 0 Å². The summed E-state index contributed by atoms with van der Waals surface area (Å²) in [6.45, 7) is 0.501. The number of halogens is 1. The molecule has 0 spiro atoms. The minimum atomic E-state index is -0.369. The molecule has 0 amide bonds. The van der Waals surface area contributed by atoms with E-state index in [4.69, 9.17) is 18.0 Å². The summed E-state index contributed by atoms with van der Waals surface area (Å²) in [4.78, 5) is 4.29. The summed E-state index contributed by atoms with van der Waals surface area (Å²) < 4.78 is 13.6. The summed E-state index contributed by atoms with van der Waals surface area (Å²) >= 11 is 6.30. The van der Waals surface area contributed by atoms with Gasteiger partial charge in [-0.2, -0.15) is 0 Å². The zero-order chi connectivity index (χ0) is 12.3. The van der Waals surface area contributed by atoms with Crippen molar-refractivity contribution >= 4 is 34.2 Å². The Balaban J connectivity index is 2.09. The Morgan fingerprint density at radius 2 is 2.35 bits per heavy atom. The van der Waals surface area contributed by atoms with Crippen molar-refractivity contribution < 1.29 is 4.39 Å². The monoisotopic (exact) mass is 267 g/mol. The van der Waals surface area contributed by atoms with Gasteiger partial charge in [-0.15, -0.1) is 11.3 Å². The smallest absolute Gasteiger partial charge is 0.146 e. The molecule has 0 atom stereocenters. The summed E-state index contributed by atoms with van der Waals surface area (Å²) in [7, 11) is 0. The Morgan fingerprint density at radius 3 is 2.94 bits per heavy atom. The van der Waals surface area contributed by atoms with E-state index in [2.05, 4.69) is 10.3 Å². The fraction of sp³-hybridized carbons (Fsp3) is 0.0909. The molecule has 0 aliphatic rings. The van der Waals surface area contributed by atoms with Gasteiger partial charge < -0.3 is 11.1 Å². The van der Waals surface area contributed by atoms with E-state index in [1.807, 2.05) is 5.38 Å². The van der Waals surface area contributed by atoms with Crippen molar-refractivity contribution in [2.45, 2.75) is 6.54 Å². The number of hydrogen-bond donors (Lipinski definition) is 2. The maximum absolute atomic E-state index is 13.6. The van der Waals surface area contributed by atoms with Crippen LogP contribution in [0.3, 0.4) is 0 Å². The minimum absolute atomic E-state index is 0.190. The van der Waals surface area contributed by atoms with E-state index in [0.29, 0.717) is 17.8 Å². The van der Waals surface area contributed by atoms with Crippen LogP contribution in [0.1, 0.15) is 10.6 Å². The van der Waals surface area contributed by atoms with Crippen molar-refractivity contribution in [2.75, 3.05) is 5.32 Å². The molecule has 88 valence electrons. The van der Waals surface area contributed by atoms with E-state index < -0.39 is 0 Å². The lowest BCUT2D eigenvalue weighted by Crippen LogP contribution is -2.10. The summed E-state index contributed by atoms with van der Waals surface area (Å²) in [6.07, 6.45) is 1.72. The lowest BCUT2D eigenvalue weighted by atomic mass is 10.2. The topological polar surface area (TPSA) is 50.9 Å². The van der Waals surface area contributed by atoms with Crippen LogP contribution in [-0.4, -0.2) is 9.97 Å². The zero-order valence-corrected chi connectivity index (χ0v) is 10.4. The van der Waals surface area contributed by atoms with Gasteiger partial charge in [-0.05, 0) is 18.2 Å². The van der Waals surface area contributed by atoms with Gasteiger partial charge in [-0.1, -0.05) is 12.2 Å². The number of anilines is 1. The highest BCUT2D eigenvalue weighted by molar-refractivity contribution is 7.80. The van der Waals surface area contributed by atoms with Crippen LogP contribution in [0.25, 0.3) is 0 Å². The van der Waals surface area contributed by atoms with Gasteiger partial charge in [0.1, 0.15) is 15.8 Å². The summed E-state index contributed by atoms with van der Waals surface area (Å²) in [5.41, 5.74) is 6.36. The maximum atomic E-state index is 13.6. The molecule has 0 radical (unpaired) electrons. The number of thiazole rings is 1. The van der Waals surface area contributed by atoms with Crippen LogP contribution in [0.4, 0.5) is 10.1 Å². The molecule has 3 nitrogen and oxygen atoms in total. The molecule has 0 unspecified atom stereocenters. The number of hydrogen-bond acceptors (Lipinski definition) is 4. The Morgan fingerprint density at radius 1 is 1.53 bits per heavy atom. The van der Waals surface area contributed by atoms with Gasteiger partial charge >= 0.3 is 0 Å². The van der Waals surface area contributed by atoms with Gasteiger partial charge in [0.2, 0.25) is 0 Å². The van der Waals surface area contributed by atoms with Crippen molar-refractivity contribution in [3.63, 3.8) is 0 Å². The maximum Gasteiger partial charge on any atom is 0.146 e. The molecule has 2 aromatic rings. The van der Waals surface area contributed by atoms with E-state index in [0.717, 1.165) is 5.01 Å². The molecule has 0 aliphatic heterocycles. The highest BCUT2D eigenvalue weighted by atomic mass is 32.1. The highest BCUT2D eigenvalue weighted by Gasteiger charge is 2.05. The number of aromatic nitrogens is 1. The standard InChI is InChI=1S/C11H10FN3S2/c12-8-5-7(11(13)16)1-2-9(8)15-6-10-14-3-4-17-10/h1-5,15H,6H2,(H2,13,16). The average Bonchev–Trinajstić information content (AvgIpc) is 2.80. The average molecular weight is 267 g/mol. The van der Waals surface area contributed by atoms with Crippen molar-refractivity contribution in [1.82, 2.24) is 4.98 Å². The van der Waals surface area contributed by atoms with Crippen molar-refractivity contribution in [1.29, 1.82) is 0 Å². The van der Waals surface area contributed by atoms with Gasteiger partial charge in [-0.25, -0.2) is 9.37 Å². The minimum Gasteiger partial charge on any atom is -0.389 e. The molecule has 0 saturated heterocycles. The molecule has 3 N–H and O–H groups in total. The molecule has 0 aliphatic carbocycles. The normalized spacial score (nSPS) is 10.2. The third-order valence-electron chi connectivity index (χ3n) is 2.17. The zero-order valence-electron chi connectivity index (χ0n) is 8.81. The molecule has 1 aromatic heterocycles. The summed E-state index contributed by atoms with van der Waals surface area (Å²) in [5.74, 6) is -0.369. The number of nitrogens with two attached hydrogens (primary N) is 1. The Labute approximate surface area is 107 Å². The molecular weight excluding hydrogens is 257 g/mol. The lowest BCUT2D eigenvalue weighted by Gasteiger charge is -2.07. The summed E-state index contributed by atoms with van der Waals surface area (Å²) in [5, 5.41) is 5.75. The summed E-state index contributed by atoms with van der Waals surface area (Å²) in [6, 6.07) is 4.64. The molecule has 1 heterocycles. The van der Waals surface area contributed by atoms with Crippen LogP contribution in [0.15, 0.2) is 29.8 Å². The first-order chi connectivity index (χ1) is 8.16. The predicted octanol–water partition coefficient (Wildman–Crippen LogP) is 2.53. The van der Waals surface area contributed by atoms with Crippen LogP contribution in [0.5, 0.6) is 0 Å².